The smallest absolute Gasteiger partial charge is 0.000655 e. The van der Waals surface area contributed by atoms with E-state index in [1.54, 1.807) is 0 Å². The van der Waals surface area contributed by atoms with Crippen molar-refractivity contribution in [2.24, 2.45) is 0 Å². The highest BCUT2D eigenvalue weighted by Gasteiger charge is 2.12. The monoisotopic (exact) mass is 324 g/mol. The normalized spacial score (nSPS) is 20.3. The van der Waals surface area contributed by atoms with E-state index in [2.05, 4.69) is 33.7 Å². The molecule has 0 aromatic rings. The molecule has 0 unspecified atom stereocenters. The molecule has 23 heavy (non-hydrogen) atoms. The largest absolute Gasteiger partial charge is 0.306 e. The summed E-state index contributed by atoms with van der Waals surface area (Å²) < 4.78 is 0. The van der Waals surface area contributed by atoms with Gasteiger partial charge in [0.05, 0.1) is 0 Å². The fraction of sp³-hybridized carbons (Fsp3) is 1.00. The molecule has 4 nitrogen and oxygen atoms in total. The minimum atomic E-state index is 1.25. The van der Waals surface area contributed by atoms with Gasteiger partial charge in [0, 0.05) is 0 Å². The lowest BCUT2D eigenvalue weighted by molar-refractivity contribution is 0.248. The van der Waals surface area contributed by atoms with Crippen molar-refractivity contribution in [2.45, 2.75) is 44.9 Å². The minimum absolute atomic E-state index is 1.25. The van der Waals surface area contributed by atoms with E-state index < -0.39 is 0 Å². The lowest BCUT2D eigenvalue weighted by Crippen LogP contribution is -2.30. The SMILES string of the molecule is CN(CCCN(C)CCCN1CCCC1)CCCN1CCCC1. The average Bonchev–Trinajstić information content (AvgIpc) is 3.20. The topological polar surface area (TPSA) is 13.0 Å². The van der Waals surface area contributed by atoms with Gasteiger partial charge in [-0.1, -0.05) is 0 Å². The van der Waals surface area contributed by atoms with Crippen molar-refractivity contribution in [1.29, 1.82) is 0 Å². The van der Waals surface area contributed by atoms with E-state index in [1.807, 2.05) is 0 Å². The highest BCUT2D eigenvalue weighted by atomic mass is 15.2. The standard InChI is InChI=1S/C19H40N4/c1-20(12-8-18-22-14-3-4-15-22)10-7-11-21(2)13-9-19-23-16-5-6-17-23/h3-19H2,1-2H3. The van der Waals surface area contributed by atoms with Crippen LogP contribution in [0.4, 0.5) is 0 Å². The first-order valence-electron chi connectivity index (χ1n) is 10.1. The molecule has 0 saturated carbocycles. The van der Waals surface area contributed by atoms with Crippen LogP contribution >= 0.6 is 0 Å². The van der Waals surface area contributed by atoms with Crippen LogP contribution in [-0.2, 0) is 0 Å². The molecule has 0 aromatic heterocycles. The zero-order chi connectivity index (χ0) is 16.3. The van der Waals surface area contributed by atoms with Gasteiger partial charge in [-0.25, -0.2) is 0 Å². The van der Waals surface area contributed by atoms with Crippen molar-refractivity contribution in [1.82, 2.24) is 19.6 Å². The Labute approximate surface area is 144 Å². The summed E-state index contributed by atoms with van der Waals surface area (Å²) >= 11 is 0. The first-order valence-corrected chi connectivity index (χ1v) is 10.1. The van der Waals surface area contributed by atoms with Gasteiger partial charge in [0.25, 0.3) is 0 Å². The van der Waals surface area contributed by atoms with Crippen molar-refractivity contribution in [3.8, 4) is 0 Å². The summed E-state index contributed by atoms with van der Waals surface area (Å²) in [5.74, 6) is 0. The maximum atomic E-state index is 2.63. The van der Waals surface area contributed by atoms with Crippen molar-refractivity contribution < 1.29 is 0 Å². The van der Waals surface area contributed by atoms with E-state index in [0.29, 0.717) is 0 Å². The molecule has 0 N–H and O–H groups in total. The van der Waals surface area contributed by atoms with E-state index in [-0.39, 0.29) is 0 Å². The molecule has 0 amide bonds. The van der Waals surface area contributed by atoms with Gasteiger partial charge in [-0.15, -0.1) is 0 Å². The van der Waals surface area contributed by atoms with Crippen LogP contribution in [0.15, 0.2) is 0 Å². The maximum Gasteiger partial charge on any atom is -0.000655 e. The highest BCUT2D eigenvalue weighted by Crippen LogP contribution is 2.08. The molecule has 0 atom stereocenters. The summed E-state index contributed by atoms with van der Waals surface area (Å²) in [6.07, 6.45) is 9.64. The lowest BCUT2D eigenvalue weighted by Gasteiger charge is -2.22. The van der Waals surface area contributed by atoms with Crippen LogP contribution in [0.2, 0.25) is 0 Å². The fourth-order valence-electron chi connectivity index (χ4n) is 3.98. The Morgan fingerprint density at radius 1 is 0.565 bits per heavy atom. The van der Waals surface area contributed by atoms with E-state index >= 15 is 0 Å². The molecule has 0 radical (unpaired) electrons. The van der Waals surface area contributed by atoms with E-state index in [1.165, 1.54) is 110 Å². The average molecular weight is 325 g/mol. The number of rotatable bonds is 12. The predicted octanol–water partition coefficient (Wildman–Crippen LogP) is 2.21. The van der Waals surface area contributed by atoms with Crippen LogP contribution in [0.25, 0.3) is 0 Å². The van der Waals surface area contributed by atoms with Gasteiger partial charge in [0.1, 0.15) is 0 Å². The summed E-state index contributed by atoms with van der Waals surface area (Å²) in [7, 11) is 4.58. The predicted molar refractivity (Wildman–Crippen MR) is 100 cm³/mol. The third-order valence-corrected chi connectivity index (χ3v) is 5.51. The number of hydrogen-bond acceptors (Lipinski definition) is 4. The summed E-state index contributed by atoms with van der Waals surface area (Å²) in [6, 6.07) is 0. The van der Waals surface area contributed by atoms with Crippen molar-refractivity contribution >= 4 is 0 Å². The molecular weight excluding hydrogens is 284 g/mol. The second-order valence-electron chi connectivity index (χ2n) is 7.76. The second kappa shape index (κ2) is 11.4. The van der Waals surface area contributed by atoms with Crippen molar-refractivity contribution in [3.05, 3.63) is 0 Å². The van der Waals surface area contributed by atoms with Crippen LogP contribution in [0.5, 0.6) is 0 Å². The summed E-state index contributed by atoms with van der Waals surface area (Å²) in [5, 5.41) is 0. The van der Waals surface area contributed by atoms with E-state index in [9.17, 15) is 0 Å². The van der Waals surface area contributed by atoms with Crippen molar-refractivity contribution in [3.63, 3.8) is 0 Å². The Kier molecular flexibility index (Phi) is 9.50. The number of hydrogen-bond donors (Lipinski definition) is 0. The van der Waals surface area contributed by atoms with Crippen LogP contribution in [0.3, 0.4) is 0 Å². The van der Waals surface area contributed by atoms with Gasteiger partial charge in [0.15, 0.2) is 0 Å². The molecule has 2 heterocycles. The second-order valence-corrected chi connectivity index (χ2v) is 7.76. The molecule has 136 valence electrons. The van der Waals surface area contributed by atoms with Gasteiger partial charge in [0.2, 0.25) is 0 Å². The van der Waals surface area contributed by atoms with Crippen LogP contribution < -0.4 is 0 Å². The Balaban J connectivity index is 1.38. The van der Waals surface area contributed by atoms with Gasteiger partial charge < -0.3 is 19.6 Å². The third kappa shape index (κ3) is 8.48. The molecule has 0 aliphatic carbocycles. The lowest BCUT2D eigenvalue weighted by atomic mass is 10.3. The minimum Gasteiger partial charge on any atom is -0.306 e. The molecular formula is C19H40N4. The van der Waals surface area contributed by atoms with Crippen molar-refractivity contribution in [2.75, 3.05) is 79.5 Å². The van der Waals surface area contributed by atoms with Gasteiger partial charge in [-0.2, -0.15) is 0 Å². The quantitative estimate of drug-likeness (QED) is 0.546. The first kappa shape index (κ1) is 19.2. The molecule has 2 fully saturated rings. The van der Waals surface area contributed by atoms with Crippen LogP contribution in [0, 0.1) is 0 Å². The number of nitrogens with zero attached hydrogens (tertiary/aromatic N) is 4. The Morgan fingerprint density at radius 3 is 1.30 bits per heavy atom. The van der Waals surface area contributed by atoms with Gasteiger partial charge >= 0.3 is 0 Å². The highest BCUT2D eigenvalue weighted by molar-refractivity contribution is 4.68. The molecule has 0 spiro atoms. The fourth-order valence-corrected chi connectivity index (χ4v) is 3.98. The summed E-state index contributed by atoms with van der Waals surface area (Å²) in [6.45, 7) is 13.0. The van der Waals surface area contributed by atoms with Crippen LogP contribution in [0.1, 0.15) is 44.9 Å². The molecule has 2 saturated heterocycles. The molecule has 2 aliphatic rings. The van der Waals surface area contributed by atoms with Gasteiger partial charge in [-0.3, -0.25) is 0 Å². The maximum absolute atomic E-state index is 2.63. The molecule has 2 rings (SSSR count). The zero-order valence-corrected chi connectivity index (χ0v) is 15.8. The third-order valence-electron chi connectivity index (χ3n) is 5.51. The number of likely N-dealkylation sites (tertiary alicyclic amines) is 2. The molecule has 0 aromatic carbocycles. The molecule has 2 aliphatic heterocycles. The Morgan fingerprint density at radius 2 is 0.913 bits per heavy atom. The molecule has 0 bridgehead atoms. The zero-order valence-electron chi connectivity index (χ0n) is 15.8. The van der Waals surface area contributed by atoms with E-state index in [4.69, 9.17) is 0 Å². The molecule has 4 heteroatoms. The Bertz CT molecular complexity index is 257. The first-order chi connectivity index (χ1) is 11.2. The summed E-state index contributed by atoms with van der Waals surface area (Å²) in [4.78, 5) is 10.3. The Hall–Kier alpha value is -0.160. The summed E-state index contributed by atoms with van der Waals surface area (Å²) in [5.41, 5.74) is 0. The van der Waals surface area contributed by atoms with Crippen LogP contribution in [-0.4, -0.2) is 99.1 Å². The van der Waals surface area contributed by atoms with Gasteiger partial charge in [-0.05, 0) is 124 Å². The van der Waals surface area contributed by atoms with E-state index in [0.717, 1.165) is 0 Å².